The summed E-state index contributed by atoms with van der Waals surface area (Å²) in [6.45, 7) is 15.2. The highest BCUT2D eigenvalue weighted by atomic mass is 16.6. The van der Waals surface area contributed by atoms with Gasteiger partial charge in [0.25, 0.3) is 0 Å². The predicted octanol–water partition coefficient (Wildman–Crippen LogP) is 10.2. The number of ether oxygens (including phenoxy) is 1. The lowest BCUT2D eigenvalue weighted by Gasteiger charge is -2.28. The Bertz CT molecular complexity index is 975. The monoisotopic (exact) mass is 522 g/mol. The zero-order chi connectivity index (χ0) is 27.4. The molecule has 0 aromatic heterocycles. The Kier molecular flexibility index (Phi) is 15.2. The topological polar surface area (TPSA) is 43.4 Å². The Morgan fingerprint density at radius 1 is 0.737 bits per heavy atom. The fraction of sp³-hybridized carbons (Fsp3) is 0.600. The van der Waals surface area contributed by atoms with Crippen molar-refractivity contribution in [3.63, 3.8) is 0 Å². The summed E-state index contributed by atoms with van der Waals surface area (Å²) in [5.74, 6) is -1.23. The largest absolute Gasteiger partial charge is 0.393 e. The van der Waals surface area contributed by atoms with E-state index in [1.807, 2.05) is 0 Å². The first-order chi connectivity index (χ1) is 17.6. The van der Waals surface area contributed by atoms with Gasteiger partial charge in [-0.15, -0.1) is 0 Å². The van der Waals surface area contributed by atoms with Crippen molar-refractivity contribution in [2.75, 3.05) is 0 Å². The summed E-state index contributed by atoms with van der Waals surface area (Å²) in [7, 11) is 0. The third-order valence-corrected chi connectivity index (χ3v) is 7.51. The van der Waals surface area contributed by atoms with Gasteiger partial charge in [-0.2, -0.15) is 0 Å². The molecule has 38 heavy (non-hydrogen) atoms. The predicted molar refractivity (Wildman–Crippen MR) is 163 cm³/mol. The minimum atomic E-state index is -0.328. The van der Waals surface area contributed by atoms with Gasteiger partial charge < -0.3 is 4.74 Å². The molecule has 3 nitrogen and oxygen atoms in total. The summed E-state index contributed by atoms with van der Waals surface area (Å²) in [4.78, 5) is 24.9. The summed E-state index contributed by atoms with van der Waals surface area (Å²) >= 11 is 0. The lowest BCUT2D eigenvalue weighted by molar-refractivity contribution is -0.154. The average molecular weight is 523 g/mol. The fourth-order valence-corrected chi connectivity index (χ4v) is 5.26. The van der Waals surface area contributed by atoms with E-state index in [0.717, 1.165) is 57.8 Å². The number of carbonyl (C=O) groups is 2. The summed E-state index contributed by atoms with van der Waals surface area (Å²) in [5, 5.41) is 0. The van der Waals surface area contributed by atoms with Crippen LogP contribution in [-0.4, -0.2) is 11.9 Å². The summed E-state index contributed by atoms with van der Waals surface area (Å²) in [6.07, 6.45) is 23.7. The third-order valence-electron chi connectivity index (χ3n) is 7.51. The molecular formula is C35H54O3. The van der Waals surface area contributed by atoms with Crippen molar-refractivity contribution >= 4 is 11.9 Å². The maximum atomic E-state index is 12.5. The molecule has 3 atom stereocenters. The molecule has 212 valence electrons. The zero-order valence-electron chi connectivity index (χ0n) is 24.5. The van der Waals surface area contributed by atoms with E-state index >= 15 is 0 Å². The van der Waals surface area contributed by atoms with Crippen LogP contribution in [0.1, 0.15) is 120 Å². The van der Waals surface area contributed by atoms with E-state index in [1.54, 1.807) is 0 Å². The zero-order valence-corrected chi connectivity index (χ0v) is 24.5. The molecule has 0 bridgehead atoms. The maximum Gasteiger partial charge on any atom is 0.318 e. The Hall–Kier alpha value is -2.42. The van der Waals surface area contributed by atoms with Crippen LogP contribution in [0.15, 0.2) is 69.9 Å². The van der Waals surface area contributed by atoms with Gasteiger partial charge in [0.1, 0.15) is 0 Å². The number of rotatable bonds is 14. The molecule has 2 aliphatic rings. The molecule has 1 aliphatic carbocycles. The van der Waals surface area contributed by atoms with Gasteiger partial charge in [0.05, 0.1) is 11.8 Å². The molecule has 1 aliphatic heterocycles. The highest BCUT2D eigenvalue weighted by Crippen LogP contribution is 2.42. The van der Waals surface area contributed by atoms with Gasteiger partial charge in [-0.1, -0.05) is 77.3 Å². The lowest BCUT2D eigenvalue weighted by atomic mass is 9.72. The van der Waals surface area contributed by atoms with E-state index < -0.39 is 0 Å². The third kappa shape index (κ3) is 12.0. The van der Waals surface area contributed by atoms with Crippen LogP contribution in [-0.2, 0) is 14.3 Å². The molecule has 0 amide bonds. The van der Waals surface area contributed by atoms with Crippen molar-refractivity contribution in [2.24, 2.45) is 17.8 Å². The number of carbonyl (C=O) groups excluding carboxylic acids is 2. The van der Waals surface area contributed by atoms with Crippen LogP contribution in [0.2, 0.25) is 0 Å². The first-order valence-corrected chi connectivity index (χ1v) is 14.3. The maximum absolute atomic E-state index is 12.5. The molecule has 3 unspecified atom stereocenters. The number of allylic oxidation sites excluding steroid dienone is 12. The molecule has 1 heterocycles. The molecule has 0 spiro atoms. The Morgan fingerprint density at radius 3 is 1.79 bits per heavy atom. The van der Waals surface area contributed by atoms with E-state index in [9.17, 15) is 9.59 Å². The van der Waals surface area contributed by atoms with Gasteiger partial charge in [0.2, 0.25) is 0 Å². The first-order valence-electron chi connectivity index (χ1n) is 14.3. The molecule has 2 rings (SSSR count). The second-order valence-corrected chi connectivity index (χ2v) is 11.7. The number of esters is 2. The Balaban J connectivity index is 0.00000722. The van der Waals surface area contributed by atoms with E-state index in [-0.39, 0.29) is 37.1 Å². The SMILES string of the molecule is C.CC(C)=CCC/C(C)=C/CCC1=CC(C/C=C(\C)CC/C=C(\C)CCC=C(C)C)C2C(=O)OC(=O)C2C1. The molecule has 0 aromatic carbocycles. The van der Waals surface area contributed by atoms with Crippen LogP contribution in [0.3, 0.4) is 0 Å². The van der Waals surface area contributed by atoms with Gasteiger partial charge in [0.15, 0.2) is 0 Å². The van der Waals surface area contributed by atoms with Gasteiger partial charge in [-0.3, -0.25) is 9.59 Å². The minimum Gasteiger partial charge on any atom is -0.393 e. The van der Waals surface area contributed by atoms with E-state index in [0.29, 0.717) is 6.42 Å². The summed E-state index contributed by atoms with van der Waals surface area (Å²) < 4.78 is 5.08. The number of hydrogen-bond acceptors (Lipinski definition) is 3. The molecule has 1 saturated heterocycles. The summed E-state index contributed by atoms with van der Waals surface area (Å²) in [5.41, 5.74) is 8.25. The molecule has 0 N–H and O–H groups in total. The van der Waals surface area contributed by atoms with Gasteiger partial charge in [-0.05, 0) is 119 Å². The summed E-state index contributed by atoms with van der Waals surface area (Å²) in [6, 6.07) is 0. The second kappa shape index (κ2) is 17.2. The van der Waals surface area contributed by atoms with Crippen LogP contribution in [0, 0.1) is 17.8 Å². The second-order valence-electron chi connectivity index (χ2n) is 11.7. The molecule has 0 radical (unpaired) electrons. The van der Waals surface area contributed by atoms with E-state index in [2.05, 4.69) is 84.9 Å². The molecule has 3 heteroatoms. The first kappa shape index (κ1) is 33.6. The smallest absolute Gasteiger partial charge is 0.318 e. The van der Waals surface area contributed by atoms with Crippen LogP contribution >= 0.6 is 0 Å². The van der Waals surface area contributed by atoms with Crippen molar-refractivity contribution in [3.05, 3.63) is 69.9 Å². The highest BCUT2D eigenvalue weighted by molar-refractivity contribution is 5.97. The van der Waals surface area contributed by atoms with Crippen molar-refractivity contribution in [1.29, 1.82) is 0 Å². The number of hydrogen-bond donors (Lipinski definition) is 0. The van der Waals surface area contributed by atoms with Crippen LogP contribution in [0.4, 0.5) is 0 Å². The Morgan fingerprint density at radius 2 is 1.24 bits per heavy atom. The van der Waals surface area contributed by atoms with Gasteiger partial charge >= 0.3 is 11.9 Å². The van der Waals surface area contributed by atoms with Crippen LogP contribution in [0.5, 0.6) is 0 Å². The van der Waals surface area contributed by atoms with Crippen molar-refractivity contribution < 1.29 is 14.3 Å². The van der Waals surface area contributed by atoms with E-state index in [1.165, 1.54) is 33.4 Å². The molecular weight excluding hydrogens is 468 g/mol. The van der Waals surface area contributed by atoms with E-state index in [4.69, 9.17) is 4.74 Å². The van der Waals surface area contributed by atoms with Crippen molar-refractivity contribution in [2.45, 2.75) is 120 Å². The molecule has 1 fully saturated rings. The minimum absolute atomic E-state index is 0. The lowest BCUT2D eigenvalue weighted by Crippen LogP contribution is -2.29. The van der Waals surface area contributed by atoms with Crippen LogP contribution in [0.25, 0.3) is 0 Å². The Labute approximate surface area is 233 Å². The molecule has 0 saturated carbocycles. The standard InChI is InChI=1S/C34H50O3.CH4/c1-24(2)12-8-14-26(5)16-10-17-28(7)20-21-30-22-29(23-31-32(30)34(36)37-33(31)35)19-11-18-27(6)15-9-13-25(3)4;/h12-13,16,18,20,22,30-32H,8-11,14-15,17,19,21,23H2,1-7H3;1H4/b26-16+,27-18+,28-20+;. The van der Waals surface area contributed by atoms with Crippen LogP contribution < -0.4 is 0 Å². The van der Waals surface area contributed by atoms with Crippen molar-refractivity contribution in [3.8, 4) is 0 Å². The molecule has 0 aromatic rings. The fourth-order valence-electron chi connectivity index (χ4n) is 5.26. The van der Waals surface area contributed by atoms with Gasteiger partial charge in [-0.25, -0.2) is 0 Å². The number of cyclic esters (lactones) is 2. The average Bonchev–Trinajstić information content (AvgIpc) is 3.10. The normalized spacial score (nSPS) is 21.8. The van der Waals surface area contributed by atoms with Crippen molar-refractivity contribution in [1.82, 2.24) is 0 Å². The quantitative estimate of drug-likeness (QED) is 0.129. The number of fused-ring (bicyclic) bond motifs is 1. The highest BCUT2D eigenvalue weighted by Gasteiger charge is 2.49. The van der Waals surface area contributed by atoms with Gasteiger partial charge in [0, 0.05) is 0 Å².